The molecule has 0 amide bonds. The first-order chi connectivity index (χ1) is 8.97. The van der Waals surface area contributed by atoms with Gasteiger partial charge in [0, 0.05) is 12.6 Å². The van der Waals surface area contributed by atoms with E-state index in [1.54, 1.807) is 14.2 Å². The Morgan fingerprint density at radius 1 is 0.947 bits per heavy atom. The third kappa shape index (κ3) is 4.75. The van der Waals surface area contributed by atoms with Gasteiger partial charge in [-0.3, -0.25) is 0 Å². The van der Waals surface area contributed by atoms with E-state index in [1.165, 1.54) is 11.1 Å². The van der Waals surface area contributed by atoms with Crippen LogP contribution in [0, 0.1) is 5.92 Å². The van der Waals surface area contributed by atoms with Crippen LogP contribution >= 0.6 is 0 Å². The van der Waals surface area contributed by atoms with E-state index in [4.69, 9.17) is 9.47 Å². The summed E-state index contributed by atoms with van der Waals surface area (Å²) >= 11 is 0. The van der Waals surface area contributed by atoms with Crippen LogP contribution in [0.25, 0.3) is 0 Å². The van der Waals surface area contributed by atoms with Crippen molar-refractivity contribution >= 4 is 0 Å². The van der Waals surface area contributed by atoms with Crippen LogP contribution in [-0.4, -0.2) is 20.3 Å². The molecule has 19 heavy (non-hydrogen) atoms. The lowest BCUT2D eigenvalue weighted by Gasteiger charge is -2.17. The number of benzene rings is 1. The lowest BCUT2D eigenvalue weighted by atomic mass is 9.97. The second-order valence-electron chi connectivity index (χ2n) is 5.61. The lowest BCUT2D eigenvalue weighted by molar-refractivity contribution is 0.353. The van der Waals surface area contributed by atoms with Crippen molar-refractivity contribution in [2.45, 2.75) is 46.7 Å². The fraction of sp³-hybridized carbons (Fsp3) is 0.625. The molecule has 0 aromatic heterocycles. The van der Waals surface area contributed by atoms with E-state index in [2.05, 4.69) is 45.1 Å². The van der Waals surface area contributed by atoms with Crippen LogP contribution in [0.3, 0.4) is 0 Å². The van der Waals surface area contributed by atoms with Crippen molar-refractivity contribution in [3.63, 3.8) is 0 Å². The van der Waals surface area contributed by atoms with Gasteiger partial charge < -0.3 is 14.8 Å². The Morgan fingerprint density at radius 2 is 1.47 bits per heavy atom. The Kier molecular flexibility index (Phi) is 6.16. The summed E-state index contributed by atoms with van der Waals surface area (Å²) in [4.78, 5) is 0. The number of nitrogens with one attached hydrogen (secondary N) is 1. The molecule has 0 fully saturated rings. The normalized spacial score (nSPS) is 11.2. The predicted octanol–water partition coefficient (Wildman–Crippen LogP) is 3.40. The number of rotatable bonds is 7. The monoisotopic (exact) mass is 265 g/mol. The molecule has 0 unspecified atom stereocenters. The summed E-state index contributed by atoms with van der Waals surface area (Å²) in [6.45, 7) is 9.64. The van der Waals surface area contributed by atoms with Crippen LogP contribution in [0.15, 0.2) is 12.1 Å². The Labute approximate surface area is 117 Å². The summed E-state index contributed by atoms with van der Waals surface area (Å²) in [5, 5.41) is 3.47. The van der Waals surface area contributed by atoms with E-state index in [0.717, 1.165) is 24.5 Å². The Bertz CT molecular complexity index is 400. The first kappa shape index (κ1) is 15.8. The predicted molar refractivity (Wildman–Crippen MR) is 80.1 cm³/mol. The average Bonchev–Trinajstić information content (AvgIpc) is 2.35. The standard InChI is InChI=1S/C16H27NO2/c1-11(2)7-13-8-15(18-5)16(19-6)9-14(13)10-17-12(3)4/h8-9,11-12,17H,7,10H2,1-6H3. The lowest BCUT2D eigenvalue weighted by Crippen LogP contribution is -2.22. The summed E-state index contributed by atoms with van der Waals surface area (Å²) in [6, 6.07) is 4.67. The van der Waals surface area contributed by atoms with Gasteiger partial charge in [-0.15, -0.1) is 0 Å². The van der Waals surface area contributed by atoms with Crippen molar-refractivity contribution in [1.29, 1.82) is 0 Å². The molecule has 108 valence electrons. The fourth-order valence-corrected chi connectivity index (χ4v) is 2.07. The third-order valence-corrected chi connectivity index (χ3v) is 3.03. The molecule has 0 aliphatic rings. The van der Waals surface area contributed by atoms with E-state index >= 15 is 0 Å². The molecule has 3 heteroatoms. The van der Waals surface area contributed by atoms with Gasteiger partial charge in [0.2, 0.25) is 0 Å². The van der Waals surface area contributed by atoms with Gasteiger partial charge in [-0.05, 0) is 35.6 Å². The molecule has 0 bridgehead atoms. The molecular formula is C16H27NO2. The molecule has 3 nitrogen and oxygen atoms in total. The van der Waals surface area contributed by atoms with Crippen LogP contribution < -0.4 is 14.8 Å². The average molecular weight is 265 g/mol. The summed E-state index contributed by atoms with van der Waals surface area (Å²) in [7, 11) is 3.36. The van der Waals surface area contributed by atoms with Crippen molar-refractivity contribution in [2.24, 2.45) is 5.92 Å². The zero-order valence-corrected chi connectivity index (χ0v) is 13.0. The zero-order chi connectivity index (χ0) is 14.4. The highest BCUT2D eigenvalue weighted by molar-refractivity contribution is 5.47. The van der Waals surface area contributed by atoms with Crippen molar-refractivity contribution in [1.82, 2.24) is 5.32 Å². The second-order valence-corrected chi connectivity index (χ2v) is 5.61. The van der Waals surface area contributed by atoms with Crippen molar-refractivity contribution in [3.8, 4) is 11.5 Å². The quantitative estimate of drug-likeness (QED) is 0.819. The van der Waals surface area contributed by atoms with Crippen molar-refractivity contribution in [3.05, 3.63) is 23.3 Å². The molecule has 0 saturated heterocycles. The molecule has 1 N–H and O–H groups in total. The van der Waals surface area contributed by atoms with Gasteiger partial charge in [0.25, 0.3) is 0 Å². The first-order valence-electron chi connectivity index (χ1n) is 6.95. The minimum Gasteiger partial charge on any atom is -0.493 e. The molecule has 0 aliphatic carbocycles. The van der Waals surface area contributed by atoms with Gasteiger partial charge in [-0.2, -0.15) is 0 Å². The minimum absolute atomic E-state index is 0.472. The van der Waals surface area contributed by atoms with Crippen LogP contribution in [0.2, 0.25) is 0 Å². The van der Waals surface area contributed by atoms with Gasteiger partial charge in [0.15, 0.2) is 11.5 Å². The van der Waals surface area contributed by atoms with Gasteiger partial charge in [-0.1, -0.05) is 27.7 Å². The molecular weight excluding hydrogens is 238 g/mol. The number of ether oxygens (including phenoxy) is 2. The van der Waals surface area contributed by atoms with Gasteiger partial charge in [-0.25, -0.2) is 0 Å². The van der Waals surface area contributed by atoms with Crippen LogP contribution in [0.4, 0.5) is 0 Å². The molecule has 1 aromatic rings. The highest BCUT2D eigenvalue weighted by Gasteiger charge is 2.12. The molecule has 0 saturated carbocycles. The number of hydrogen-bond donors (Lipinski definition) is 1. The highest BCUT2D eigenvalue weighted by atomic mass is 16.5. The first-order valence-corrected chi connectivity index (χ1v) is 6.95. The molecule has 1 aromatic carbocycles. The highest BCUT2D eigenvalue weighted by Crippen LogP contribution is 2.31. The van der Waals surface area contributed by atoms with Gasteiger partial charge in [0.1, 0.15) is 0 Å². The summed E-state index contributed by atoms with van der Waals surface area (Å²) in [6.07, 6.45) is 1.05. The maximum atomic E-state index is 5.39. The van der Waals surface area contributed by atoms with E-state index in [-0.39, 0.29) is 0 Å². The minimum atomic E-state index is 0.472. The molecule has 0 heterocycles. The van der Waals surface area contributed by atoms with Crippen LogP contribution in [0.1, 0.15) is 38.8 Å². The van der Waals surface area contributed by atoms with Crippen LogP contribution in [0.5, 0.6) is 11.5 Å². The van der Waals surface area contributed by atoms with E-state index in [9.17, 15) is 0 Å². The Morgan fingerprint density at radius 3 is 1.89 bits per heavy atom. The Hall–Kier alpha value is -1.22. The summed E-state index contributed by atoms with van der Waals surface area (Å²) < 4.78 is 10.8. The fourth-order valence-electron chi connectivity index (χ4n) is 2.07. The zero-order valence-electron chi connectivity index (χ0n) is 13.0. The van der Waals surface area contributed by atoms with Gasteiger partial charge >= 0.3 is 0 Å². The van der Waals surface area contributed by atoms with Crippen LogP contribution in [-0.2, 0) is 13.0 Å². The maximum Gasteiger partial charge on any atom is 0.161 e. The molecule has 0 radical (unpaired) electrons. The van der Waals surface area contributed by atoms with Crippen molar-refractivity contribution in [2.75, 3.05) is 14.2 Å². The van der Waals surface area contributed by atoms with E-state index < -0.39 is 0 Å². The number of methoxy groups -OCH3 is 2. The molecule has 0 aliphatic heterocycles. The number of hydrogen-bond acceptors (Lipinski definition) is 3. The topological polar surface area (TPSA) is 30.5 Å². The van der Waals surface area contributed by atoms with Gasteiger partial charge in [0.05, 0.1) is 14.2 Å². The van der Waals surface area contributed by atoms with E-state index in [1.807, 2.05) is 0 Å². The largest absolute Gasteiger partial charge is 0.493 e. The second kappa shape index (κ2) is 7.39. The molecule has 0 atom stereocenters. The Balaban J connectivity index is 3.08. The maximum absolute atomic E-state index is 5.39. The summed E-state index contributed by atoms with van der Waals surface area (Å²) in [5.41, 5.74) is 2.63. The van der Waals surface area contributed by atoms with E-state index in [0.29, 0.717) is 12.0 Å². The smallest absolute Gasteiger partial charge is 0.161 e. The third-order valence-electron chi connectivity index (χ3n) is 3.03. The molecule has 0 spiro atoms. The summed E-state index contributed by atoms with van der Waals surface area (Å²) in [5.74, 6) is 2.23. The SMILES string of the molecule is COc1cc(CNC(C)C)c(CC(C)C)cc1OC. The molecule has 1 rings (SSSR count). The van der Waals surface area contributed by atoms with Crippen molar-refractivity contribution < 1.29 is 9.47 Å².